The maximum Gasteiger partial charge on any atom is 0.407 e. The molecule has 1 saturated heterocycles. The highest BCUT2D eigenvalue weighted by molar-refractivity contribution is 7.87. The van der Waals surface area contributed by atoms with Crippen molar-refractivity contribution in [1.82, 2.24) is 14.3 Å². The van der Waals surface area contributed by atoms with E-state index in [1.165, 1.54) is 0 Å². The number of carbonyl (C=O) groups is 2. The molecular weight excluding hydrogens is 517 g/mol. The van der Waals surface area contributed by atoms with E-state index in [1.807, 2.05) is 4.72 Å². The summed E-state index contributed by atoms with van der Waals surface area (Å²) in [5.74, 6) is -1.62. The maximum absolute atomic E-state index is 14.7. The van der Waals surface area contributed by atoms with Crippen LogP contribution in [-0.4, -0.2) is 69.3 Å². The van der Waals surface area contributed by atoms with Crippen molar-refractivity contribution < 1.29 is 36.6 Å². The average molecular weight is 550 g/mol. The number of morpholine rings is 1. The molecule has 36 heavy (non-hydrogen) atoms. The summed E-state index contributed by atoms with van der Waals surface area (Å²) in [5, 5.41) is 2.53. The smallest absolute Gasteiger partial charge is 0.407 e. The number of hydrogen-bond donors (Lipinski definition) is 2. The van der Waals surface area contributed by atoms with Crippen molar-refractivity contribution >= 4 is 33.8 Å². The van der Waals surface area contributed by atoms with Gasteiger partial charge in [-0.25, -0.2) is 13.9 Å². The van der Waals surface area contributed by atoms with E-state index < -0.39 is 45.3 Å². The first-order valence-corrected chi connectivity index (χ1v) is 13.7. The van der Waals surface area contributed by atoms with Gasteiger partial charge < -0.3 is 19.5 Å². The Balaban J connectivity index is 1.58. The molecule has 1 aliphatic heterocycles. The standard InChI is InChI=1S/C23H33ClFN3O7S/c1-23(2,3)35-22(30)26-12-16-13-28(8-9-33-16)36(31,32)27-21(29)17-10-18(24)20(11-19(17)25)34-14-15-6-4-5-7-15/h10-11,15-16H,4-9,12-14H2,1-3H3,(H,26,30)(H,27,29). The average Bonchev–Trinajstić information content (AvgIpc) is 3.30. The van der Waals surface area contributed by atoms with E-state index in [9.17, 15) is 22.4 Å². The van der Waals surface area contributed by atoms with Crippen LogP contribution in [0.1, 0.15) is 56.8 Å². The number of halogens is 2. The Morgan fingerprint density at radius 1 is 1.25 bits per heavy atom. The van der Waals surface area contributed by atoms with Crippen molar-refractivity contribution in [2.24, 2.45) is 5.92 Å². The molecule has 1 saturated carbocycles. The Hall–Kier alpha value is -2.15. The van der Waals surface area contributed by atoms with Crippen LogP contribution in [0.15, 0.2) is 12.1 Å². The molecule has 1 heterocycles. The molecule has 3 rings (SSSR count). The van der Waals surface area contributed by atoms with Crippen LogP contribution < -0.4 is 14.8 Å². The summed E-state index contributed by atoms with van der Waals surface area (Å²) < 4.78 is 59.4. The third-order valence-corrected chi connectivity index (χ3v) is 7.50. The molecule has 2 N–H and O–H groups in total. The van der Waals surface area contributed by atoms with Crippen LogP contribution in [0.3, 0.4) is 0 Å². The molecule has 1 aliphatic carbocycles. The zero-order chi connectivity index (χ0) is 26.5. The number of amides is 2. The molecule has 0 bridgehead atoms. The molecule has 2 aliphatic rings. The third-order valence-electron chi connectivity index (χ3n) is 5.75. The fraction of sp³-hybridized carbons (Fsp3) is 0.652. The maximum atomic E-state index is 14.7. The molecule has 1 aromatic carbocycles. The summed E-state index contributed by atoms with van der Waals surface area (Å²) >= 11 is 6.18. The van der Waals surface area contributed by atoms with Gasteiger partial charge in [0.05, 0.1) is 29.9 Å². The predicted molar refractivity (Wildman–Crippen MR) is 131 cm³/mol. The van der Waals surface area contributed by atoms with Crippen molar-refractivity contribution in [1.29, 1.82) is 0 Å². The highest BCUT2D eigenvalue weighted by Crippen LogP contribution is 2.31. The topological polar surface area (TPSA) is 123 Å². The van der Waals surface area contributed by atoms with E-state index >= 15 is 0 Å². The summed E-state index contributed by atoms with van der Waals surface area (Å²) in [6.45, 7) is 5.44. The SMILES string of the molecule is CC(C)(C)OC(=O)NCC1CN(S(=O)(=O)NC(=O)c2cc(Cl)c(OCC3CCCC3)cc2F)CCO1. The Morgan fingerprint density at radius 3 is 2.61 bits per heavy atom. The number of alkyl carbamates (subject to hydrolysis) is 1. The zero-order valence-electron chi connectivity index (χ0n) is 20.6. The minimum atomic E-state index is -4.32. The molecule has 1 aromatic rings. The van der Waals surface area contributed by atoms with Crippen LogP contribution in [0, 0.1) is 11.7 Å². The Bertz CT molecular complexity index is 1060. The molecular formula is C23H33ClFN3O7S. The predicted octanol–water partition coefficient (Wildman–Crippen LogP) is 3.25. The van der Waals surface area contributed by atoms with Gasteiger partial charge in [0.2, 0.25) is 0 Å². The number of ether oxygens (including phenoxy) is 3. The quantitative estimate of drug-likeness (QED) is 0.510. The summed E-state index contributed by atoms with van der Waals surface area (Å²) in [7, 11) is -4.32. The van der Waals surface area contributed by atoms with Crippen molar-refractivity contribution in [3.05, 3.63) is 28.5 Å². The molecule has 0 spiro atoms. The van der Waals surface area contributed by atoms with Crippen molar-refractivity contribution in [3.63, 3.8) is 0 Å². The summed E-state index contributed by atoms with van der Waals surface area (Å²) in [5.41, 5.74) is -1.21. The van der Waals surface area contributed by atoms with Gasteiger partial charge in [0.15, 0.2) is 0 Å². The van der Waals surface area contributed by atoms with Gasteiger partial charge in [-0.05, 0) is 45.6 Å². The van der Waals surface area contributed by atoms with Crippen molar-refractivity contribution in [2.45, 2.75) is 58.2 Å². The second-order valence-electron chi connectivity index (χ2n) is 9.89. The van der Waals surface area contributed by atoms with E-state index in [0.717, 1.165) is 42.1 Å². The van der Waals surface area contributed by atoms with Crippen LogP contribution in [-0.2, 0) is 19.7 Å². The van der Waals surface area contributed by atoms with Crippen LogP contribution >= 0.6 is 11.6 Å². The van der Waals surface area contributed by atoms with Crippen molar-refractivity contribution in [3.8, 4) is 5.75 Å². The molecule has 13 heteroatoms. The lowest BCUT2D eigenvalue weighted by molar-refractivity contribution is -0.00384. The number of nitrogens with zero attached hydrogens (tertiary/aromatic N) is 1. The van der Waals surface area contributed by atoms with Gasteiger partial charge >= 0.3 is 16.3 Å². The lowest BCUT2D eigenvalue weighted by atomic mass is 10.1. The molecule has 0 radical (unpaired) electrons. The summed E-state index contributed by atoms with van der Waals surface area (Å²) in [4.78, 5) is 24.5. The molecule has 1 atom stereocenters. The van der Waals surface area contributed by atoms with Crippen LogP contribution in [0.5, 0.6) is 5.75 Å². The first-order chi connectivity index (χ1) is 16.8. The first kappa shape index (κ1) is 28.4. The lowest BCUT2D eigenvalue weighted by Gasteiger charge is -2.32. The largest absolute Gasteiger partial charge is 0.492 e. The van der Waals surface area contributed by atoms with Gasteiger partial charge in [0.1, 0.15) is 17.2 Å². The molecule has 0 aromatic heterocycles. The van der Waals surface area contributed by atoms with Gasteiger partial charge in [-0.1, -0.05) is 24.4 Å². The van der Waals surface area contributed by atoms with Crippen LogP contribution in [0.25, 0.3) is 0 Å². The first-order valence-electron chi connectivity index (χ1n) is 11.9. The van der Waals surface area contributed by atoms with Gasteiger partial charge in [-0.3, -0.25) is 4.79 Å². The number of benzene rings is 1. The second-order valence-corrected chi connectivity index (χ2v) is 12.0. The molecule has 2 fully saturated rings. The van der Waals surface area contributed by atoms with Gasteiger partial charge in [0.25, 0.3) is 5.91 Å². The second kappa shape index (κ2) is 11.9. The third kappa shape index (κ3) is 8.19. The Morgan fingerprint density at radius 2 is 1.94 bits per heavy atom. The zero-order valence-corrected chi connectivity index (χ0v) is 22.2. The van der Waals surface area contributed by atoms with Crippen LogP contribution in [0.2, 0.25) is 5.02 Å². The van der Waals surface area contributed by atoms with Crippen molar-refractivity contribution in [2.75, 3.05) is 32.8 Å². The molecule has 2 amide bonds. The Labute approximate surface area is 216 Å². The minimum absolute atomic E-state index is 0.00142. The lowest BCUT2D eigenvalue weighted by Crippen LogP contribution is -2.53. The normalized spacial score (nSPS) is 19.6. The van der Waals surface area contributed by atoms with Gasteiger partial charge in [-0.2, -0.15) is 12.7 Å². The fourth-order valence-corrected chi connectivity index (χ4v) is 5.35. The van der Waals surface area contributed by atoms with Crippen LogP contribution in [0.4, 0.5) is 9.18 Å². The number of rotatable bonds is 8. The van der Waals surface area contributed by atoms with E-state index in [0.29, 0.717) is 12.5 Å². The highest BCUT2D eigenvalue weighted by Gasteiger charge is 2.32. The van der Waals surface area contributed by atoms with E-state index in [2.05, 4.69) is 5.32 Å². The minimum Gasteiger partial charge on any atom is -0.492 e. The number of nitrogens with one attached hydrogen (secondary N) is 2. The van der Waals surface area contributed by atoms with Gasteiger partial charge in [0, 0.05) is 25.7 Å². The highest BCUT2D eigenvalue weighted by atomic mass is 35.5. The number of carbonyl (C=O) groups excluding carboxylic acids is 2. The van der Waals surface area contributed by atoms with E-state index in [1.54, 1.807) is 20.8 Å². The Kier molecular flexibility index (Phi) is 9.42. The summed E-state index contributed by atoms with van der Waals surface area (Å²) in [6.07, 6.45) is 3.01. The van der Waals surface area contributed by atoms with E-state index in [-0.39, 0.29) is 37.0 Å². The molecule has 10 nitrogen and oxygen atoms in total. The number of hydrogen-bond acceptors (Lipinski definition) is 7. The molecule has 1 unspecified atom stereocenters. The van der Waals surface area contributed by atoms with E-state index in [4.69, 9.17) is 25.8 Å². The monoisotopic (exact) mass is 549 g/mol. The fourth-order valence-electron chi connectivity index (χ4n) is 3.98. The molecule has 202 valence electrons. The van der Waals surface area contributed by atoms with Gasteiger partial charge in [-0.15, -0.1) is 0 Å². The summed E-state index contributed by atoms with van der Waals surface area (Å²) in [6, 6.07) is 2.05.